The molecule has 0 saturated carbocycles. The fourth-order valence-electron chi connectivity index (χ4n) is 2.02. The van der Waals surface area contributed by atoms with E-state index in [4.69, 9.17) is 17.3 Å². The van der Waals surface area contributed by atoms with Crippen LogP contribution in [-0.2, 0) is 16.1 Å². The molecule has 0 aromatic heterocycles. The molecular weight excluding hydrogens is 322 g/mol. The van der Waals surface area contributed by atoms with E-state index in [9.17, 15) is 9.59 Å². The van der Waals surface area contributed by atoms with Crippen LogP contribution >= 0.6 is 24.0 Å². The van der Waals surface area contributed by atoms with Crippen LogP contribution in [0, 0.1) is 0 Å². The Morgan fingerprint density at radius 2 is 2.05 bits per heavy atom. The van der Waals surface area contributed by atoms with E-state index in [1.54, 1.807) is 0 Å². The highest BCUT2D eigenvalue weighted by atomic mass is 32.2. The van der Waals surface area contributed by atoms with Crippen LogP contribution in [0.1, 0.15) is 5.56 Å². The molecule has 118 valence electrons. The maximum atomic E-state index is 11.7. The number of nitrogens with one attached hydrogen (secondary N) is 1. The summed E-state index contributed by atoms with van der Waals surface area (Å²) in [5.74, 6) is -0.714. The summed E-state index contributed by atoms with van der Waals surface area (Å²) in [5, 5.41) is 10.9. The number of thiocarbonyl (C=S) groups is 1. The molecular formula is C14H17N3O3S2. The Labute approximate surface area is 138 Å². The summed E-state index contributed by atoms with van der Waals surface area (Å²) in [7, 11) is 0. The van der Waals surface area contributed by atoms with Crippen LogP contribution in [0.4, 0.5) is 0 Å². The number of hydrogen-bond donors (Lipinski definition) is 2. The van der Waals surface area contributed by atoms with Crippen molar-refractivity contribution in [1.29, 1.82) is 0 Å². The van der Waals surface area contributed by atoms with Gasteiger partial charge >= 0.3 is 5.97 Å². The minimum atomic E-state index is -1.05. The number of thioether (sulfide) groups is 1. The molecule has 8 heteroatoms. The summed E-state index contributed by atoms with van der Waals surface area (Å²) >= 11 is 6.87. The third-order valence-electron chi connectivity index (χ3n) is 3.02. The van der Waals surface area contributed by atoms with Crippen LogP contribution in [0.15, 0.2) is 30.3 Å². The van der Waals surface area contributed by atoms with Gasteiger partial charge < -0.3 is 15.3 Å². The molecule has 1 aromatic rings. The number of rotatable bonds is 6. The number of hydrogen-bond acceptors (Lipinski definition) is 5. The average Bonchev–Trinajstić information content (AvgIpc) is 2.50. The van der Waals surface area contributed by atoms with Crippen molar-refractivity contribution in [2.24, 2.45) is 0 Å². The first-order valence-corrected chi connectivity index (χ1v) is 8.10. The maximum absolute atomic E-state index is 11.7. The zero-order chi connectivity index (χ0) is 15.9. The third-order valence-corrected chi connectivity index (χ3v) is 4.63. The SMILES string of the molecule is O=C(O)CNC(=O)CN1CSC(=S)N(Cc2ccccc2)C1. The van der Waals surface area contributed by atoms with E-state index in [1.807, 2.05) is 40.1 Å². The van der Waals surface area contributed by atoms with Gasteiger partial charge in [0.25, 0.3) is 0 Å². The number of amides is 1. The molecule has 22 heavy (non-hydrogen) atoms. The third kappa shape index (κ3) is 5.28. The minimum absolute atomic E-state index is 0.161. The van der Waals surface area contributed by atoms with Crippen molar-refractivity contribution in [3.8, 4) is 0 Å². The van der Waals surface area contributed by atoms with Gasteiger partial charge in [0.15, 0.2) is 0 Å². The second kappa shape index (κ2) is 8.11. The van der Waals surface area contributed by atoms with Gasteiger partial charge in [-0.2, -0.15) is 0 Å². The second-order valence-corrected chi connectivity index (χ2v) is 6.44. The monoisotopic (exact) mass is 339 g/mol. The predicted octanol–water partition coefficient (Wildman–Crippen LogP) is 0.938. The number of carboxylic acid groups (broad SMARTS) is 1. The quantitative estimate of drug-likeness (QED) is 0.747. The molecule has 1 aliphatic heterocycles. The first-order valence-electron chi connectivity index (χ1n) is 6.71. The Morgan fingerprint density at radius 3 is 2.73 bits per heavy atom. The van der Waals surface area contributed by atoms with Gasteiger partial charge in [-0.05, 0) is 5.56 Å². The molecule has 1 amide bonds. The molecule has 2 N–H and O–H groups in total. The summed E-state index contributed by atoms with van der Waals surface area (Å²) in [6, 6.07) is 9.99. The van der Waals surface area contributed by atoms with E-state index in [-0.39, 0.29) is 19.0 Å². The van der Waals surface area contributed by atoms with Crippen LogP contribution in [0.25, 0.3) is 0 Å². The zero-order valence-electron chi connectivity index (χ0n) is 11.9. The predicted molar refractivity (Wildman–Crippen MR) is 89.3 cm³/mol. The van der Waals surface area contributed by atoms with Gasteiger partial charge in [-0.15, -0.1) is 0 Å². The van der Waals surface area contributed by atoms with E-state index >= 15 is 0 Å². The van der Waals surface area contributed by atoms with Gasteiger partial charge in [0.05, 0.1) is 19.1 Å². The number of benzene rings is 1. The lowest BCUT2D eigenvalue weighted by Crippen LogP contribution is -2.48. The van der Waals surface area contributed by atoms with Gasteiger partial charge in [0.1, 0.15) is 10.9 Å². The largest absolute Gasteiger partial charge is 0.480 e. The Bertz CT molecular complexity index is 554. The number of carbonyl (C=O) groups is 2. The van der Waals surface area contributed by atoms with Crippen molar-refractivity contribution >= 4 is 40.2 Å². The summed E-state index contributed by atoms with van der Waals surface area (Å²) in [5.41, 5.74) is 1.16. The molecule has 0 spiro atoms. The highest BCUT2D eigenvalue weighted by molar-refractivity contribution is 8.22. The first kappa shape index (κ1) is 16.7. The molecule has 0 unspecified atom stereocenters. The van der Waals surface area contributed by atoms with Gasteiger partial charge in [0.2, 0.25) is 5.91 Å². The lowest BCUT2D eigenvalue weighted by Gasteiger charge is -2.36. The molecule has 1 aromatic carbocycles. The summed E-state index contributed by atoms with van der Waals surface area (Å²) in [6.45, 7) is 1.06. The summed E-state index contributed by atoms with van der Waals surface area (Å²) in [4.78, 5) is 26.1. The molecule has 0 radical (unpaired) electrons. The van der Waals surface area contributed by atoms with E-state index in [1.165, 1.54) is 11.8 Å². The smallest absolute Gasteiger partial charge is 0.322 e. The lowest BCUT2D eigenvalue weighted by atomic mass is 10.2. The van der Waals surface area contributed by atoms with E-state index in [0.717, 1.165) is 9.88 Å². The second-order valence-electron chi connectivity index (χ2n) is 4.86. The van der Waals surface area contributed by atoms with E-state index in [2.05, 4.69) is 5.32 Å². The molecule has 1 saturated heterocycles. The first-order chi connectivity index (χ1) is 10.5. The van der Waals surface area contributed by atoms with Gasteiger partial charge in [-0.3, -0.25) is 14.5 Å². The number of carboxylic acids is 1. The number of nitrogens with zero attached hydrogens (tertiary/aromatic N) is 2. The summed E-state index contributed by atoms with van der Waals surface area (Å²) in [6.07, 6.45) is 0. The highest BCUT2D eigenvalue weighted by Gasteiger charge is 2.23. The maximum Gasteiger partial charge on any atom is 0.322 e. The van der Waals surface area contributed by atoms with Gasteiger partial charge in [0, 0.05) is 6.54 Å². The van der Waals surface area contributed by atoms with Crippen LogP contribution in [0.5, 0.6) is 0 Å². The Morgan fingerprint density at radius 1 is 1.32 bits per heavy atom. The molecule has 2 rings (SSSR count). The van der Waals surface area contributed by atoms with Crippen LogP contribution in [-0.4, -0.2) is 56.7 Å². The summed E-state index contributed by atoms with van der Waals surface area (Å²) < 4.78 is 0.811. The van der Waals surface area contributed by atoms with Crippen molar-refractivity contribution in [2.75, 3.05) is 25.6 Å². The van der Waals surface area contributed by atoms with Gasteiger partial charge in [-0.1, -0.05) is 54.3 Å². The molecule has 6 nitrogen and oxygen atoms in total. The normalized spacial score (nSPS) is 15.6. The Hall–Kier alpha value is -1.64. The van der Waals surface area contributed by atoms with Crippen molar-refractivity contribution < 1.29 is 14.7 Å². The lowest BCUT2D eigenvalue weighted by molar-refractivity contribution is -0.138. The number of carbonyl (C=O) groups excluding carboxylic acids is 1. The minimum Gasteiger partial charge on any atom is -0.480 e. The molecule has 0 aliphatic carbocycles. The van der Waals surface area contributed by atoms with Crippen molar-refractivity contribution in [3.05, 3.63) is 35.9 Å². The molecule has 1 aliphatic rings. The Kier molecular flexibility index (Phi) is 6.17. The van der Waals surface area contributed by atoms with Crippen molar-refractivity contribution in [3.63, 3.8) is 0 Å². The van der Waals surface area contributed by atoms with Crippen molar-refractivity contribution in [1.82, 2.24) is 15.1 Å². The van der Waals surface area contributed by atoms with E-state index in [0.29, 0.717) is 19.1 Å². The fraction of sp³-hybridized carbons (Fsp3) is 0.357. The van der Waals surface area contributed by atoms with Crippen LogP contribution < -0.4 is 5.32 Å². The average molecular weight is 339 g/mol. The van der Waals surface area contributed by atoms with Crippen LogP contribution in [0.3, 0.4) is 0 Å². The standard InChI is InChI=1S/C14H17N3O3S2/c18-12(15-6-13(19)20)8-16-9-17(14(21)22-10-16)7-11-4-2-1-3-5-11/h1-5H,6-10H2,(H,15,18)(H,19,20). The van der Waals surface area contributed by atoms with Crippen molar-refractivity contribution in [2.45, 2.75) is 6.54 Å². The molecule has 0 bridgehead atoms. The topological polar surface area (TPSA) is 72.9 Å². The molecule has 1 heterocycles. The highest BCUT2D eigenvalue weighted by Crippen LogP contribution is 2.20. The molecule has 0 atom stereocenters. The molecule has 1 fully saturated rings. The Balaban J connectivity index is 1.86. The van der Waals surface area contributed by atoms with Gasteiger partial charge in [-0.25, -0.2) is 0 Å². The zero-order valence-corrected chi connectivity index (χ0v) is 13.5. The fourth-order valence-corrected chi connectivity index (χ4v) is 3.08. The number of aliphatic carboxylic acids is 1. The van der Waals surface area contributed by atoms with E-state index < -0.39 is 5.97 Å². The van der Waals surface area contributed by atoms with Crippen LogP contribution in [0.2, 0.25) is 0 Å².